The molecule has 0 saturated carbocycles. The minimum Gasteiger partial charge on any atom is -0.369 e. The summed E-state index contributed by atoms with van der Waals surface area (Å²) in [4.78, 5) is 4.54. The predicted octanol–water partition coefficient (Wildman–Crippen LogP) is 5.04. The molecule has 3 aromatic rings. The Kier molecular flexibility index (Phi) is 3.28. The minimum atomic E-state index is 0.346. The number of benzene rings is 3. The Morgan fingerprint density at radius 3 is 2.43 bits per heavy atom. The number of nitrogens with two attached hydrogens (primary N) is 1. The molecule has 112 valence electrons. The van der Waals surface area contributed by atoms with Crippen molar-refractivity contribution in [1.29, 1.82) is 0 Å². The molecule has 3 aromatic carbocycles. The van der Waals surface area contributed by atoms with Crippen molar-refractivity contribution in [3.8, 4) is 0 Å². The first-order valence-corrected chi connectivity index (χ1v) is 7.69. The van der Waals surface area contributed by atoms with E-state index in [2.05, 4.69) is 40.7 Å². The molecule has 0 unspecified atom stereocenters. The van der Waals surface area contributed by atoms with E-state index in [4.69, 9.17) is 17.3 Å². The van der Waals surface area contributed by atoms with Gasteiger partial charge in [0.25, 0.3) is 0 Å². The van der Waals surface area contributed by atoms with E-state index in [1.165, 1.54) is 16.5 Å². The monoisotopic (exact) mass is 319 g/mol. The van der Waals surface area contributed by atoms with Crippen LogP contribution >= 0.6 is 11.6 Å². The first-order valence-electron chi connectivity index (χ1n) is 7.31. The van der Waals surface area contributed by atoms with E-state index in [9.17, 15) is 0 Å². The normalized spacial score (nSPS) is 12.8. The lowest BCUT2D eigenvalue weighted by atomic mass is 10.0. The lowest BCUT2D eigenvalue weighted by Crippen LogP contribution is -2.21. The second kappa shape index (κ2) is 5.45. The molecule has 0 heterocycles. The summed E-state index contributed by atoms with van der Waals surface area (Å²) in [6.45, 7) is 0. The average molecular weight is 320 g/mol. The summed E-state index contributed by atoms with van der Waals surface area (Å²) in [5, 5.41) is 6.10. The van der Waals surface area contributed by atoms with Crippen molar-refractivity contribution >= 4 is 51.9 Å². The number of guanidine groups is 1. The van der Waals surface area contributed by atoms with Gasteiger partial charge in [-0.05, 0) is 46.8 Å². The molecule has 3 N–H and O–H groups in total. The van der Waals surface area contributed by atoms with Gasteiger partial charge in [-0.2, -0.15) is 0 Å². The molecule has 0 amide bonds. The zero-order chi connectivity index (χ0) is 15.8. The Labute approximate surface area is 139 Å². The summed E-state index contributed by atoms with van der Waals surface area (Å²) in [7, 11) is 0. The quantitative estimate of drug-likeness (QED) is 0.402. The van der Waals surface area contributed by atoms with Crippen molar-refractivity contribution in [2.45, 2.75) is 0 Å². The van der Waals surface area contributed by atoms with Crippen LogP contribution in [0, 0.1) is 0 Å². The molecular formula is C19H14ClN3. The van der Waals surface area contributed by atoms with Gasteiger partial charge in [0.05, 0.1) is 5.69 Å². The van der Waals surface area contributed by atoms with E-state index < -0.39 is 0 Å². The largest absolute Gasteiger partial charge is 0.369 e. The Bertz CT molecular complexity index is 944. The van der Waals surface area contributed by atoms with Crippen molar-refractivity contribution in [3.63, 3.8) is 0 Å². The summed E-state index contributed by atoms with van der Waals surface area (Å²) in [5.74, 6) is 0.346. The molecule has 0 radical (unpaired) electrons. The van der Waals surface area contributed by atoms with Crippen molar-refractivity contribution in [2.24, 2.45) is 10.7 Å². The maximum atomic E-state index is 6.05. The molecule has 3 nitrogen and oxygen atoms in total. The fourth-order valence-corrected chi connectivity index (χ4v) is 2.97. The maximum Gasteiger partial charge on any atom is 0.198 e. The van der Waals surface area contributed by atoms with Crippen molar-refractivity contribution in [3.05, 3.63) is 70.7 Å². The third-order valence-electron chi connectivity index (χ3n) is 3.88. The van der Waals surface area contributed by atoms with Gasteiger partial charge >= 0.3 is 0 Å². The zero-order valence-electron chi connectivity index (χ0n) is 12.3. The topological polar surface area (TPSA) is 50.4 Å². The summed E-state index contributed by atoms with van der Waals surface area (Å²) in [6.07, 6.45) is 4.25. The van der Waals surface area contributed by atoms with Crippen LogP contribution in [-0.4, -0.2) is 5.96 Å². The molecule has 0 aliphatic heterocycles. The van der Waals surface area contributed by atoms with Crippen LogP contribution in [-0.2, 0) is 0 Å². The number of hydrogen-bond acceptors (Lipinski definition) is 1. The number of halogens is 1. The van der Waals surface area contributed by atoms with Gasteiger partial charge < -0.3 is 11.1 Å². The van der Waals surface area contributed by atoms with E-state index >= 15 is 0 Å². The standard InChI is InChI=1S/C19H14ClN3/c20-14-7-9-15(10-8-14)22-19(21)23-17-11-6-13-5-4-12-2-1-3-16(17)18(12)13/h1-11H,(H3,21,22,23). The third kappa shape index (κ3) is 2.56. The zero-order valence-corrected chi connectivity index (χ0v) is 13.0. The smallest absolute Gasteiger partial charge is 0.198 e. The van der Waals surface area contributed by atoms with Gasteiger partial charge in [-0.15, -0.1) is 0 Å². The van der Waals surface area contributed by atoms with Gasteiger partial charge in [0.1, 0.15) is 0 Å². The predicted molar refractivity (Wildman–Crippen MR) is 99.2 cm³/mol. The molecule has 0 fully saturated rings. The van der Waals surface area contributed by atoms with Gasteiger partial charge in [0.15, 0.2) is 5.96 Å². The van der Waals surface area contributed by atoms with E-state index in [0.717, 1.165) is 16.8 Å². The van der Waals surface area contributed by atoms with Crippen LogP contribution in [0.3, 0.4) is 0 Å². The van der Waals surface area contributed by atoms with Crippen molar-refractivity contribution in [1.82, 2.24) is 0 Å². The summed E-state index contributed by atoms with van der Waals surface area (Å²) in [5.41, 5.74) is 10.2. The fourth-order valence-electron chi connectivity index (χ4n) is 2.84. The van der Waals surface area contributed by atoms with Gasteiger partial charge in [0.2, 0.25) is 0 Å². The average Bonchev–Trinajstić information content (AvgIpc) is 2.97. The highest BCUT2D eigenvalue weighted by molar-refractivity contribution is 6.30. The summed E-state index contributed by atoms with van der Waals surface area (Å²) >= 11 is 5.88. The van der Waals surface area contributed by atoms with Crippen LogP contribution in [0.4, 0.5) is 11.4 Å². The first kappa shape index (κ1) is 13.9. The second-order valence-electron chi connectivity index (χ2n) is 5.41. The van der Waals surface area contributed by atoms with Gasteiger partial charge in [-0.3, -0.25) is 0 Å². The Morgan fingerprint density at radius 2 is 1.65 bits per heavy atom. The summed E-state index contributed by atoms with van der Waals surface area (Å²) in [6, 6.07) is 17.6. The molecular weight excluding hydrogens is 306 g/mol. The number of aliphatic imine (C=N–C) groups is 1. The molecule has 1 aliphatic rings. The Balaban J connectivity index is 1.71. The Hall–Kier alpha value is -2.78. The highest BCUT2D eigenvalue weighted by atomic mass is 35.5. The van der Waals surface area contributed by atoms with Crippen LogP contribution in [0.25, 0.3) is 22.9 Å². The van der Waals surface area contributed by atoms with E-state index in [1.807, 2.05) is 36.4 Å². The number of nitrogens with zero attached hydrogens (tertiary/aromatic N) is 1. The number of hydrogen-bond donors (Lipinski definition) is 2. The lowest BCUT2D eigenvalue weighted by molar-refractivity contribution is 1.46. The van der Waals surface area contributed by atoms with Gasteiger partial charge in [0, 0.05) is 16.1 Å². The molecule has 0 atom stereocenters. The second-order valence-corrected chi connectivity index (χ2v) is 5.84. The molecule has 0 spiro atoms. The van der Waals surface area contributed by atoms with E-state index in [0.29, 0.717) is 11.0 Å². The summed E-state index contributed by atoms with van der Waals surface area (Å²) < 4.78 is 0. The van der Waals surface area contributed by atoms with Crippen molar-refractivity contribution < 1.29 is 0 Å². The Morgan fingerprint density at radius 1 is 0.913 bits per heavy atom. The molecule has 0 saturated heterocycles. The lowest BCUT2D eigenvalue weighted by Gasteiger charge is -2.08. The molecule has 0 aromatic heterocycles. The molecule has 0 bridgehead atoms. The molecule has 23 heavy (non-hydrogen) atoms. The number of rotatable bonds is 2. The molecule has 4 heteroatoms. The van der Waals surface area contributed by atoms with Crippen LogP contribution in [0.5, 0.6) is 0 Å². The third-order valence-corrected chi connectivity index (χ3v) is 4.13. The van der Waals surface area contributed by atoms with E-state index in [1.54, 1.807) is 0 Å². The minimum absolute atomic E-state index is 0.346. The number of nitrogens with one attached hydrogen (secondary N) is 1. The van der Waals surface area contributed by atoms with Crippen LogP contribution in [0.1, 0.15) is 11.1 Å². The van der Waals surface area contributed by atoms with E-state index in [-0.39, 0.29) is 0 Å². The molecule has 1 aliphatic carbocycles. The van der Waals surface area contributed by atoms with Crippen LogP contribution in [0.15, 0.2) is 59.6 Å². The van der Waals surface area contributed by atoms with Gasteiger partial charge in [-0.25, -0.2) is 4.99 Å². The molecule has 4 rings (SSSR count). The fraction of sp³-hybridized carbons (Fsp3) is 0. The highest BCUT2D eigenvalue weighted by Gasteiger charge is 2.11. The maximum absolute atomic E-state index is 6.05. The highest BCUT2D eigenvalue weighted by Crippen LogP contribution is 2.36. The van der Waals surface area contributed by atoms with Crippen LogP contribution < -0.4 is 11.1 Å². The van der Waals surface area contributed by atoms with Crippen LogP contribution in [0.2, 0.25) is 5.02 Å². The SMILES string of the molecule is NC(=Nc1ccc2c3c(cccc13)C=C2)Nc1ccc(Cl)cc1. The van der Waals surface area contributed by atoms with Crippen molar-refractivity contribution in [2.75, 3.05) is 5.32 Å². The first-order chi connectivity index (χ1) is 11.2. The number of anilines is 1. The van der Waals surface area contributed by atoms with Gasteiger partial charge in [-0.1, -0.05) is 48.0 Å².